The van der Waals surface area contributed by atoms with Crippen LogP contribution >= 0.6 is 11.3 Å². The number of hydrogen-bond donors (Lipinski definition) is 1. The van der Waals surface area contributed by atoms with Crippen molar-refractivity contribution in [2.45, 2.75) is 53.7 Å². The summed E-state index contributed by atoms with van der Waals surface area (Å²) in [4.78, 5) is 5.89. The van der Waals surface area contributed by atoms with Crippen molar-refractivity contribution in [2.75, 3.05) is 6.61 Å². The van der Waals surface area contributed by atoms with Gasteiger partial charge in [0.15, 0.2) is 0 Å². The molecule has 4 heteroatoms. The summed E-state index contributed by atoms with van der Waals surface area (Å²) in [5, 5.41) is 1.07. The van der Waals surface area contributed by atoms with E-state index in [1.165, 1.54) is 4.88 Å². The Hall–Kier alpha value is -0.450. The normalized spacial score (nSPS) is 14.0. The van der Waals surface area contributed by atoms with Crippen LogP contribution in [0.4, 0.5) is 0 Å². The molecule has 0 aliphatic carbocycles. The first-order chi connectivity index (χ1) is 7.93. The van der Waals surface area contributed by atoms with Gasteiger partial charge in [-0.05, 0) is 18.8 Å². The molecule has 0 saturated carbocycles. The number of thiazole rings is 1. The van der Waals surface area contributed by atoms with Crippen LogP contribution in [-0.4, -0.2) is 11.6 Å². The van der Waals surface area contributed by atoms with Gasteiger partial charge in [-0.25, -0.2) is 4.98 Å². The van der Waals surface area contributed by atoms with Crippen LogP contribution in [0.2, 0.25) is 0 Å². The predicted molar refractivity (Wildman–Crippen MR) is 73.2 cm³/mol. The van der Waals surface area contributed by atoms with Crippen LogP contribution in [0.1, 0.15) is 56.3 Å². The summed E-state index contributed by atoms with van der Waals surface area (Å²) in [6.07, 6.45) is 0.995. The van der Waals surface area contributed by atoms with E-state index in [0.29, 0.717) is 13.2 Å². The van der Waals surface area contributed by atoms with E-state index in [-0.39, 0.29) is 11.5 Å². The smallest absolute Gasteiger partial charge is 0.123 e. The van der Waals surface area contributed by atoms with Crippen LogP contribution in [0.5, 0.6) is 0 Å². The number of nitrogens with two attached hydrogens (primary N) is 1. The Labute approximate surface area is 108 Å². The van der Waals surface area contributed by atoms with Crippen LogP contribution in [0.15, 0.2) is 0 Å². The van der Waals surface area contributed by atoms with Gasteiger partial charge in [-0.15, -0.1) is 11.3 Å². The molecule has 0 bridgehead atoms. The van der Waals surface area contributed by atoms with Crippen LogP contribution in [0.25, 0.3) is 0 Å². The van der Waals surface area contributed by atoms with E-state index < -0.39 is 0 Å². The first-order valence-corrected chi connectivity index (χ1v) is 7.05. The van der Waals surface area contributed by atoms with Gasteiger partial charge in [0.25, 0.3) is 0 Å². The molecule has 17 heavy (non-hydrogen) atoms. The standard InChI is InChI=1S/C13H24N2OS/c1-6-9-10(8-14)17-12(15-9)11(16-7-2)13(3,4)5/h11H,6-8,14H2,1-5H3. The van der Waals surface area contributed by atoms with E-state index in [9.17, 15) is 0 Å². The Morgan fingerprint density at radius 2 is 2.00 bits per heavy atom. The average molecular weight is 256 g/mol. The lowest BCUT2D eigenvalue weighted by Gasteiger charge is -2.28. The Bertz CT molecular complexity index is 333. The molecule has 0 aliphatic rings. The zero-order valence-electron chi connectivity index (χ0n) is 11.5. The maximum absolute atomic E-state index is 5.86. The van der Waals surface area contributed by atoms with Gasteiger partial charge < -0.3 is 10.5 Å². The maximum Gasteiger partial charge on any atom is 0.123 e. The van der Waals surface area contributed by atoms with Crippen molar-refractivity contribution in [3.8, 4) is 0 Å². The SMILES string of the molecule is CCOC(c1nc(CC)c(CN)s1)C(C)(C)C. The zero-order valence-corrected chi connectivity index (χ0v) is 12.4. The highest BCUT2D eigenvalue weighted by Gasteiger charge is 2.30. The van der Waals surface area contributed by atoms with Gasteiger partial charge in [0.1, 0.15) is 11.1 Å². The number of nitrogens with zero attached hydrogens (tertiary/aromatic N) is 1. The molecule has 0 spiro atoms. The molecule has 0 amide bonds. The second-order valence-electron chi connectivity index (χ2n) is 5.18. The molecule has 98 valence electrons. The van der Waals surface area contributed by atoms with Gasteiger partial charge in [-0.3, -0.25) is 0 Å². The van der Waals surface area contributed by atoms with Crippen LogP contribution < -0.4 is 5.73 Å². The van der Waals surface area contributed by atoms with Crippen molar-refractivity contribution in [1.82, 2.24) is 4.98 Å². The van der Waals surface area contributed by atoms with Crippen molar-refractivity contribution in [1.29, 1.82) is 0 Å². The molecule has 3 nitrogen and oxygen atoms in total. The second-order valence-corrected chi connectivity index (χ2v) is 6.30. The summed E-state index contributed by atoms with van der Waals surface area (Å²) in [5.74, 6) is 0. The van der Waals surface area contributed by atoms with Crippen molar-refractivity contribution in [3.63, 3.8) is 0 Å². The topological polar surface area (TPSA) is 48.1 Å². The zero-order chi connectivity index (χ0) is 13.1. The second kappa shape index (κ2) is 5.94. The third kappa shape index (κ3) is 3.50. The molecule has 1 aromatic heterocycles. The number of aryl methyl sites for hydroxylation is 1. The van der Waals surface area contributed by atoms with Gasteiger partial charge in [0.05, 0.1) is 5.69 Å². The molecule has 0 aromatic carbocycles. The largest absolute Gasteiger partial charge is 0.371 e. The first kappa shape index (κ1) is 14.6. The van der Waals surface area contributed by atoms with E-state index >= 15 is 0 Å². The lowest BCUT2D eigenvalue weighted by molar-refractivity contribution is -0.0134. The fourth-order valence-electron chi connectivity index (χ4n) is 1.81. The molecule has 2 N–H and O–H groups in total. The van der Waals surface area contributed by atoms with Gasteiger partial charge in [0, 0.05) is 18.0 Å². The molecule has 1 atom stereocenters. The lowest BCUT2D eigenvalue weighted by Crippen LogP contribution is -2.21. The summed E-state index contributed by atoms with van der Waals surface area (Å²) in [6, 6.07) is 0. The first-order valence-electron chi connectivity index (χ1n) is 6.24. The predicted octanol–water partition coefficient (Wildman–Crippen LogP) is 3.29. The molecule has 1 aromatic rings. The molecule has 1 heterocycles. The Balaban J connectivity index is 3.06. The lowest BCUT2D eigenvalue weighted by atomic mass is 9.89. The maximum atomic E-state index is 5.86. The van der Waals surface area contributed by atoms with E-state index in [1.54, 1.807) is 11.3 Å². The number of ether oxygens (including phenoxy) is 1. The molecule has 0 aliphatic heterocycles. The quantitative estimate of drug-likeness (QED) is 0.879. The van der Waals surface area contributed by atoms with E-state index in [0.717, 1.165) is 17.1 Å². The molecule has 1 rings (SSSR count). The van der Waals surface area contributed by atoms with Crippen LogP contribution in [-0.2, 0) is 17.7 Å². The minimum Gasteiger partial charge on any atom is -0.371 e. The third-order valence-electron chi connectivity index (χ3n) is 2.66. The van der Waals surface area contributed by atoms with E-state index in [4.69, 9.17) is 15.5 Å². The minimum atomic E-state index is 0.0584. The molecule has 0 saturated heterocycles. The molecular formula is C13H24N2OS. The van der Waals surface area contributed by atoms with Gasteiger partial charge >= 0.3 is 0 Å². The number of aromatic nitrogens is 1. The minimum absolute atomic E-state index is 0.0584. The summed E-state index contributed by atoms with van der Waals surface area (Å²) in [6.45, 7) is 12.0. The molecular weight excluding hydrogens is 232 g/mol. The summed E-state index contributed by atoms with van der Waals surface area (Å²) < 4.78 is 5.86. The monoisotopic (exact) mass is 256 g/mol. The van der Waals surface area contributed by atoms with Gasteiger partial charge in [-0.1, -0.05) is 27.7 Å². The highest BCUT2D eigenvalue weighted by atomic mass is 32.1. The van der Waals surface area contributed by atoms with Crippen molar-refractivity contribution < 1.29 is 4.74 Å². The Kier molecular flexibility index (Phi) is 5.10. The van der Waals surface area contributed by atoms with Gasteiger partial charge in [0.2, 0.25) is 0 Å². The van der Waals surface area contributed by atoms with E-state index in [2.05, 4.69) is 27.7 Å². The van der Waals surface area contributed by atoms with Crippen molar-refractivity contribution >= 4 is 11.3 Å². The fourth-order valence-corrected chi connectivity index (χ4v) is 3.14. The van der Waals surface area contributed by atoms with Crippen molar-refractivity contribution in [3.05, 3.63) is 15.6 Å². The summed E-state index contributed by atoms with van der Waals surface area (Å²) >= 11 is 1.70. The third-order valence-corrected chi connectivity index (χ3v) is 3.82. The number of rotatable bonds is 5. The molecule has 0 fully saturated rings. The molecule has 0 radical (unpaired) electrons. The van der Waals surface area contributed by atoms with Gasteiger partial charge in [-0.2, -0.15) is 0 Å². The van der Waals surface area contributed by atoms with E-state index in [1.807, 2.05) is 6.92 Å². The fraction of sp³-hybridized carbons (Fsp3) is 0.769. The number of hydrogen-bond acceptors (Lipinski definition) is 4. The Morgan fingerprint density at radius 3 is 2.35 bits per heavy atom. The molecule has 1 unspecified atom stereocenters. The van der Waals surface area contributed by atoms with Crippen LogP contribution in [0.3, 0.4) is 0 Å². The Morgan fingerprint density at radius 1 is 1.35 bits per heavy atom. The highest BCUT2D eigenvalue weighted by molar-refractivity contribution is 7.11. The highest BCUT2D eigenvalue weighted by Crippen LogP contribution is 2.38. The summed E-state index contributed by atoms with van der Waals surface area (Å²) in [7, 11) is 0. The summed E-state index contributed by atoms with van der Waals surface area (Å²) in [5.41, 5.74) is 6.94. The van der Waals surface area contributed by atoms with Crippen molar-refractivity contribution in [2.24, 2.45) is 11.1 Å². The average Bonchev–Trinajstić information content (AvgIpc) is 2.66. The van der Waals surface area contributed by atoms with Crippen LogP contribution in [0, 0.1) is 5.41 Å².